The zero-order valence-electron chi connectivity index (χ0n) is 17.2. The van der Waals surface area contributed by atoms with Gasteiger partial charge in [-0.1, -0.05) is 24.3 Å². The minimum absolute atomic E-state index is 0.0187. The Morgan fingerprint density at radius 1 is 1.03 bits per heavy atom. The lowest BCUT2D eigenvalue weighted by Crippen LogP contribution is -2.41. The molecule has 0 N–H and O–H groups in total. The number of sulfone groups is 1. The highest BCUT2D eigenvalue weighted by Gasteiger charge is 2.37. The molecule has 4 nitrogen and oxygen atoms in total. The van der Waals surface area contributed by atoms with Crippen LogP contribution in [-0.2, 0) is 16.4 Å². The Hall–Kier alpha value is -2.09. The molecule has 2 fully saturated rings. The highest BCUT2D eigenvalue weighted by atomic mass is 32.2. The number of nitrogens with zero attached hydrogens (tertiary/aromatic N) is 2. The van der Waals surface area contributed by atoms with Gasteiger partial charge in [-0.25, -0.2) is 17.2 Å². The molecular weight excluding hydrogens is 406 g/mol. The van der Waals surface area contributed by atoms with E-state index in [0.717, 1.165) is 49.7 Å². The van der Waals surface area contributed by atoms with Gasteiger partial charge in [0.1, 0.15) is 11.6 Å². The van der Waals surface area contributed by atoms with Crippen LogP contribution in [0.5, 0.6) is 0 Å². The highest BCUT2D eigenvalue weighted by Crippen LogP contribution is 2.43. The number of benzene rings is 2. The van der Waals surface area contributed by atoms with Gasteiger partial charge in [0.25, 0.3) is 0 Å². The largest absolute Gasteiger partial charge is 0.299 e. The fraction of sp³-hybridized carbons (Fsp3) is 0.391. The normalized spacial score (nSPS) is 22.2. The van der Waals surface area contributed by atoms with Crippen LogP contribution in [0.1, 0.15) is 35.6 Å². The van der Waals surface area contributed by atoms with Gasteiger partial charge >= 0.3 is 0 Å². The number of likely N-dealkylation sites (tertiary alicyclic amines) is 2. The third kappa shape index (κ3) is 4.33. The number of rotatable bonds is 5. The molecule has 0 spiro atoms. The number of halogens is 2. The Morgan fingerprint density at radius 2 is 1.63 bits per heavy atom. The van der Waals surface area contributed by atoms with E-state index in [9.17, 15) is 17.2 Å². The van der Waals surface area contributed by atoms with E-state index in [1.807, 2.05) is 24.1 Å². The van der Waals surface area contributed by atoms with Crippen LogP contribution in [-0.4, -0.2) is 51.2 Å². The van der Waals surface area contributed by atoms with Gasteiger partial charge in [0.2, 0.25) is 0 Å². The molecule has 2 aliphatic heterocycles. The van der Waals surface area contributed by atoms with Crippen molar-refractivity contribution in [1.29, 1.82) is 0 Å². The van der Waals surface area contributed by atoms with E-state index in [4.69, 9.17) is 0 Å². The van der Waals surface area contributed by atoms with E-state index in [0.29, 0.717) is 12.1 Å². The predicted octanol–water partition coefficient (Wildman–Crippen LogP) is 4.00. The quantitative estimate of drug-likeness (QED) is 0.716. The lowest BCUT2D eigenvalue weighted by molar-refractivity contribution is 0.211. The van der Waals surface area contributed by atoms with Crippen LogP contribution in [0.4, 0.5) is 8.78 Å². The third-order valence-corrected chi connectivity index (χ3v) is 7.12. The molecule has 0 aromatic heterocycles. The standard InChI is InChI=1S/C23H26F2N2O2S/c1-26-15-21(23(30(2,28)29)18-11-19(24)13-20(25)12-18)22(26)17-7-5-16(6-8-17)14-27-9-3-4-10-27/h5-8,11-13,22H,3-4,9-10,14-15H2,1-2H3. The third-order valence-electron chi connectivity index (χ3n) is 5.88. The summed E-state index contributed by atoms with van der Waals surface area (Å²) in [5.74, 6) is -1.58. The van der Waals surface area contributed by atoms with Gasteiger partial charge < -0.3 is 0 Å². The molecule has 2 saturated heterocycles. The Morgan fingerprint density at radius 3 is 2.17 bits per heavy atom. The molecule has 0 bridgehead atoms. The van der Waals surface area contributed by atoms with Gasteiger partial charge in [-0.05, 0) is 67.4 Å². The van der Waals surface area contributed by atoms with E-state index in [2.05, 4.69) is 17.0 Å². The van der Waals surface area contributed by atoms with Crippen molar-refractivity contribution in [3.63, 3.8) is 0 Å². The lowest BCUT2D eigenvalue weighted by Gasteiger charge is -2.42. The maximum atomic E-state index is 13.8. The second-order valence-corrected chi connectivity index (χ2v) is 10.3. The van der Waals surface area contributed by atoms with E-state index < -0.39 is 21.5 Å². The average molecular weight is 433 g/mol. The van der Waals surface area contributed by atoms with E-state index in [-0.39, 0.29) is 16.5 Å². The Balaban J connectivity index is 1.69. The zero-order chi connectivity index (χ0) is 21.5. The summed E-state index contributed by atoms with van der Waals surface area (Å²) in [6.45, 7) is 3.60. The molecule has 2 aromatic carbocycles. The summed E-state index contributed by atoms with van der Waals surface area (Å²) >= 11 is 0. The van der Waals surface area contributed by atoms with Gasteiger partial charge in [-0.2, -0.15) is 0 Å². The maximum absolute atomic E-state index is 13.8. The molecule has 0 saturated carbocycles. The van der Waals surface area contributed by atoms with Crippen molar-refractivity contribution in [2.24, 2.45) is 0 Å². The van der Waals surface area contributed by atoms with Crippen LogP contribution in [0.3, 0.4) is 0 Å². The summed E-state index contributed by atoms with van der Waals surface area (Å²) in [6, 6.07) is 10.9. The summed E-state index contributed by atoms with van der Waals surface area (Å²) in [6.07, 6.45) is 3.58. The number of hydrogen-bond donors (Lipinski definition) is 0. The summed E-state index contributed by atoms with van der Waals surface area (Å²) < 4.78 is 52.8. The Bertz CT molecular complexity index is 1050. The molecule has 0 radical (unpaired) electrons. The van der Waals surface area contributed by atoms with Gasteiger partial charge in [-0.3, -0.25) is 9.80 Å². The topological polar surface area (TPSA) is 40.6 Å². The molecule has 30 heavy (non-hydrogen) atoms. The molecule has 0 amide bonds. The number of hydrogen-bond acceptors (Lipinski definition) is 4. The lowest BCUT2D eigenvalue weighted by atomic mass is 9.87. The summed E-state index contributed by atoms with van der Waals surface area (Å²) in [5.41, 5.74) is 2.93. The van der Waals surface area contributed by atoms with E-state index in [1.165, 1.54) is 18.4 Å². The van der Waals surface area contributed by atoms with Crippen molar-refractivity contribution in [3.05, 3.63) is 76.4 Å². The van der Waals surface area contributed by atoms with Crippen molar-refractivity contribution in [1.82, 2.24) is 9.80 Å². The van der Waals surface area contributed by atoms with Gasteiger partial charge in [0.15, 0.2) is 9.84 Å². The van der Waals surface area contributed by atoms with Gasteiger partial charge in [0.05, 0.1) is 10.9 Å². The molecule has 160 valence electrons. The summed E-state index contributed by atoms with van der Waals surface area (Å²) in [5, 5.41) is 0. The summed E-state index contributed by atoms with van der Waals surface area (Å²) in [4.78, 5) is 4.48. The smallest absolute Gasteiger partial charge is 0.176 e. The molecular formula is C23H26F2N2O2S. The van der Waals surface area contributed by atoms with Crippen LogP contribution in [0.25, 0.3) is 4.91 Å². The molecule has 1 unspecified atom stereocenters. The SMILES string of the molecule is CN1CC(=C(c2cc(F)cc(F)c2)S(C)(=O)=O)C1c1ccc(CN2CCCC2)cc1. The fourth-order valence-corrected chi connectivity index (χ4v) is 5.78. The second kappa shape index (κ2) is 8.21. The molecule has 2 aromatic rings. The fourth-order valence-electron chi connectivity index (χ4n) is 4.58. The van der Waals surface area contributed by atoms with Crippen molar-refractivity contribution in [3.8, 4) is 0 Å². The monoisotopic (exact) mass is 432 g/mol. The molecule has 2 heterocycles. The number of likely N-dealkylation sites (N-methyl/N-ethyl adjacent to an activating group) is 1. The molecule has 1 atom stereocenters. The van der Waals surface area contributed by atoms with Crippen LogP contribution in [0.2, 0.25) is 0 Å². The Kier molecular flexibility index (Phi) is 5.79. The zero-order valence-corrected chi connectivity index (χ0v) is 18.1. The van der Waals surface area contributed by atoms with Crippen molar-refractivity contribution in [2.45, 2.75) is 25.4 Å². The van der Waals surface area contributed by atoms with Crippen LogP contribution >= 0.6 is 0 Å². The summed E-state index contributed by atoms with van der Waals surface area (Å²) in [7, 11) is -1.77. The van der Waals surface area contributed by atoms with Gasteiger partial charge in [-0.15, -0.1) is 0 Å². The van der Waals surface area contributed by atoms with Crippen LogP contribution < -0.4 is 0 Å². The Labute approximate surface area is 176 Å². The van der Waals surface area contributed by atoms with E-state index >= 15 is 0 Å². The second-order valence-electron chi connectivity index (χ2n) is 8.33. The van der Waals surface area contributed by atoms with Crippen molar-refractivity contribution in [2.75, 3.05) is 32.9 Å². The average Bonchev–Trinajstić information content (AvgIpc) is 3.14. The van der Waals surface area contributed by atoms with Crippen LogP contribution in [0, 0.1) is 11.6 Å². The minimum Gasteiger partial charge on any atom is -0.299 e. The predicted molar refractivity (Wildman–Crippen MR) is 114 cm³/mol. The van der Waals surface area contributed by atoms with E-state index in [1.54, 1.807) is 0 Å². The molecule has 4 rings (SSSR count). The first kappa shape index (κ1) is 21.2. The minimum atomic E-state index is -3.69. The maximum Gasteiger partial charge on any atom is 0.176 e. The molecule has 7 heteroatoms. The van der Waals surface area contributed by atoms with Crippen molar-refractivity contribution < 1.29 is 17.2 Å². The molecule has 2 aliphatic rings. The van der Waals surface area contributed by atoms with Crippen LogP contribution in [0.15, 0.2) is 48.0 Å². The van der Waals surface area contributed by atoms with Crippen molar-refractivity contribution >= 4 is 14.7 Å². The van der Waals surface area contributed by atoms with Gasteiger partial charge in [0, 0.05) is 25.4 Å². The molecule has 0 aliphatic carbocycles. The first-order valence-corrected chi connectivity index (χ1v) is 12.0. The highest BCUT2D eigenvalue weighted by molar-refractivity contribution is 8.00. The first-order chi connectivity index (χ1) is 14.2. The first-order valence-electron chi connectivity index (χ1n) is 10.1.